The fourth-order valence-electron chi connectivity index (χ4n) is 3.71. The monoisotopic (exact) mass is 215 g/mol. The summed E-state index contributed by atoms with van der Waals surface area (Å²) in [5.74, 6) is 0. The standard InChI is InChI=1S/C15H21N/c1-3-15-7-4-8-16-14(15)13-9-11(2)5-6-12(13)10-15/h5-6,9,14,16H,3-4,7-8,10H2,1-2H3/t14-,15+/m0/s1. The van der Waals surface area contributed by atoms with E-state index in [0.717, 1.165) is 0 Å². The topological polar surface area (TPSA) is 12.0 Å². The molecule has 1 N–H and O–H groups in total. The number of benzene rings is 1. The lowest BCUT2D eigenvalue weighted by Gasteiger charge is -2.40. The Morgan fingerprint density at radius 2 is 2.31 bits per heavy atom. The van der Waals surface area contributed by atoms with Crippen molar-refractivity contribution in [3.05, 3.63) is 34.9 Å². The normalized spacial score (nSPS) is 32.2. The van der Waals surface area contributed by atoms with Crippen molar-refractivity contribution in [3.8, 4) is 0 Å². The third-order valence-corrected chi connectivity index (χ3v) is 4.67. The number of piperidine rings is 1. The zero-order valence-corrected chi connectivity index (χ0v) is 10.3. The predicted molar refractivity (Wildman–Crippen MR) is 67.6 cm³/mol. The summed E-state index contributed by atoms with van der Waals surface area (Å²) >= 11 is 0. The van der Waals surface area contributed by atoms with Gasteiger partial charge in [0.05, 0.1) is 0 Å². The highest BCUT2D eigenvalue weighted by molar-refractivity contribution is 5.41. The van der Waals surface area contributed by atoms with Gasteiger partial charge in [0.25, 0.3) is 0 Å². The van der Waals surface area contributed by atoms with E-state index in [0.29, 0.717) is 11.5 Å². The quantitative estimate of drug-likeness (QED) is 0.757. The third-order valence-electron chi connectivity index (χ3n) is 4.67. The molecule has 2 atom stereocenters. The van der Waals surface area contributed by atoms with E-state index in [4.69, 9.17) is 0 Å². The molecule has 16 heavy (non-hydrogen) atoms. The van der Waals surface area contributed by atoms with E-state index in [-0.39, 0.29) is 0 Å². The van der Waals surface area contributed by atoms with Crippen molar-refractivity contribution in [2.24, 2.45) is 5.41 Å². The second-order valence-electron chi connectivity index (χ2n) is 5.59. The molecule has 1 aliphatic carbocycles. The second kappa shape index (κ2) is 3.59. The Morgan fingerprint density at radius 1 is 1.44 bits per heavy atom. The maximum Gasteiger partial charge on any atom is 0.0383 e. The van der Waals surface area contributed by atoms with Crippen LogP contribution in [0.1, 0.15) is 48.9 Å². The van der Waals surface area contributed by atoms with Crippen molar-refractivity contribution in [2.75, 3.05) is 6.54 Å². The van der Waals surface area contributed by atoms with Crippen molar-refractivity contribution in [1.82, 2.24) is 5.32 Å². The molecule has 1 aromatic rings. The first-order valence-electron chi connectivity index (χ1n) is 6.58. The Labute approximate surface area is 98.3 Å². The smallest absolute Gasteiger partial charge is 0.0383 e. The van der Waals surface area contributed by atoms with Crippen LogP contribution >= 0.6 is 0 Å². The van der Waals surface area contributed by atoms with Gasteiger partial charge in [0.1, 0.15) is 0 Å². The van der Waals surface area contributed by atoms with Gasteiger partial charge in [-0.05, 0) is 55.7 Å². The first kappa shape index (κ1) is 10.3. The van der Waals surface area contributed by atoms with E-state index >= 15 is 0 Å². The number of fused-ring (bicyclic) bond motifs is 3. The Balaban J connectivity index is 2.07. The minimum absolute atomic E-state index is 0.522. The highest BCUT2D eigenvalue weighted by Crippen LogP contribution is 2.52. The van der Waals surface area contributed by atoms with E-state index in [1.807, 2.05) is 0 Å². The Kier molecular flexibility index (Phi) is 2.32. The molecule has 1 nitrogen and oxygen atoms in total. The molecule has 0 aromatic heterocycles. The largest absolute Gasteiger partial charge is 0.309 e. The fraction of sp³-hybridized carbons (Fsp3) is 0.600. The van der Waals surface area contributed by atoms with Gasteiger partial charge in [-0.15, -0.1) is 0 Å². The van der Waals surface area contributed by atoms with Gasteiger partial charge in [-0.2, -0.15) is 0 Å². The minimum Gasteiger partial charge on any atom is -0.309 e. The fourth-order valence-corrected chi connectivity index (χ4v) is 3.71. The summed E-state index contributed by atoms with van der Waals surface area (Å²) in [5, 5.41) is 3.76. The van der Waals surface area contributed by atoms with Crippen molar-refractivity contribution < 1.29 is 0 Å². The predicted octanol–water partition coefficient (Wildman–Crippen LogP) is 3.37. The minimum atomic E-state index is 0.522. The number of hydrogen-bond donors (Lipinski definition) is 1. The van der Waals surface area contributed by atoms with Gasteiger partial charge in [-0.3, -0.25) is 0 Å². The second-order valence-corrected chi connectivity index (χ2v) is 5.59. The lowest BCUT2D eigenvalue weighted by Crippen LogP contribution is -2.40. The molecular formula is C15H21N. The summed E-state index contributed by atoms with van der Waals surface area (Å²) in [5.41, 5.74) is 5.10. The molecule has 0 saturated carbocycles. The maximum atomic E-state index is 3.76. The Bertz CT molecular complexity index is 410. The molecule has 86 valence electrons. The van der Waals surface area contributed by atoms with Gasteiger partial charge >= 0.3 is 0 Å². The van der Waals surface area contributed by atoms with Gasteiger partial charge in [0.15, 0.2) is 0 Å². The van der Waals surface area contributed by atoms with Crippen LogP contribution in [0.25, 0.3) is 0 Å². The van der Waals surface area contributed by atoms with Gasteiger partial charge in [-0.1, -0.05) is 30.7 Å². The Morgan fingerprint density at radius 3 is 3.12 bits per heavy atom. The van der Waals surface area contributed by atoms with Crippen LogP contribution in [-0.2, 0) is 6.42 Å². The van der Waals surface area contributed by atoms with Crippen LogP contribution in [0.5, 0.6) is 0 Å². The van der Waals surface area contributed by atoms with Crippen LogP contribution in [0.3, 0.4) is 0 Å². The van der Waals surface area contributed by atoms with E-state index in [1.165, 1.54) is 37.8 Å². The van der Waals surface area contributed by atoms with Gasteiger partial charge in [0, 0.05) is 6.04 Å². The first-order chi connectivity index (χ1) is 7.75. The lowest BCUT2D eigenvalue weighted by atomic mass is 9.72. The van der Waals surface area contributed by atoms with Crippen LogP contribution in [0, 0.1) is 12.3 Å². The highest BCUT2D eigenvalue weighted by atomic mass is 15.0. The molecule has 1 heterocycles. The Hall–Kier alpha value is -0.820. The first-order valence-corrected chi connectivity index (χ1v) is 6.58. The molecule has 1 aromatic carbocycles. The molecule has 1 fully saturated rings. The molecular weight excluding hydrogens is 194 g/mol. The SMILES string of the molecule is CC[C@]12CCCN[C@H]1c1cc(C)ccc1C2. The maximum absolute atomic E-state index is 3.76. The molecule has 1 heteroatoms. The van der Waals surface area contributed by atoms with Crippen molar-refractivity contribution in [2.45, 2.75) is 45.6 Å². The number of nitrogens with one attached hydrogen (secondary N) is 1. The zero-order chi connectivity index (χ0) is 11.2. The van der Waals surface area contributed by atoms with E-state index in [9.17, 15) is 0 Å². The van der Waals surface area contributed by atoms with E-state index < -0.39 is 0 Å². The number of rotatable bonds is 1. The van der Waals surface area contributed by atoms with Crippen LogP contribution in [-0.4, -0.2) is 6.54 Å². The van der Waals surface area contributed by atoms with Crippen LogP contribution in [0.2, 0.25) is 0 Å². The summed E-state index contributed by atoms with van der Waals surface area (Å²) in [6.45, 7) is 5.76. The van der Waals surface area contributed by atoms with Gasteiger partial charge in [-0.25, -0.2) is 0 Å². The van der Waals surface area contributed by atoms with Crippen LogP contribution < -0.4 is 5.32 Å². The van der Waals surface area contributed by atoms with Crippen molar-refractivity contribution >= 4 is 0 Å². The molecule has 3 rings (SSSR count). The lowest BCUT2D eigenvalue weighted by molar-refractivity contribution is 0.146. The van der Waals surface area contributed by atoms with Crippen molar-refractivity contribution in [3.63, 3.8) is 0 Å². The van der Waals surface area contributed by atoms with Gasteiger partial charge < -0.3 is 5.32 Å². The molecule has 0 spiro atoms. The molecule has 1 saturated heterocycles. The highest BCUT2D eigenvalue weighted by Gasteiger charge is 2.45. The van der Waals surface area contributed by atoms with Crippen LogP contribution in [0.4, 0.5) is 0 Å². The summed E-state index contributed by atoms with van der Waals surface area (Å²) in [6, 6.07) is 7.64. The molecule has 1 aliphatic heterocycles. The summed E-state index contributed by atoms with van der Waals surface area (Å²) in [4.78, 5) is 0. The molecule has 0 radical (unpaired) electrons. The average Bonchev–Trinajstić information content (AvgIpc) is 2.64. The van der Waals surface area contributed by atoms with E-state index in [1.54, 1.807) is 11.1 Å². The third kappa shape index (κ3) is 1.34. The number of aryl methyl sites for hydroxylation is 1. The van der Waals surface area contributed by atoms with E-state index in [2.05, 4.69) is 37.4 Å². The molecule has 0 unspecified atom stereocenters. The van der Waals surface area contributed by atoms with Crippen LogP contribution in [0.15, 0.2) is 18.2 Å². The summed E-state index contributed by atoms with van der Waals surface area (Å²) in [6.07, 6.45) is 5.33. The summed E-state index contributed by atoms with van der Waals surface area (Å²) < 4.78 is 0. The van der Waals surface area contributed by atoms with Gasteiger partial charge in [0.2, 0.25) is 0 Å². The molecule has 2 aliphatic rings. The van der Waals surface area contributed by atoms with Crippen molar-refractivity contribution in [1.29, 1.82) is 0 Å². The average molecular weight is 215 g/mol. The molecule has 0 amide bonds. The molecule has 0 bridgehead atoms. The summed E-state index contributed by atoms with van der Waals surface area (Å²) in [7, 11) is 0. The number of hydrogen-bond acceptors (Lipinski definition) is 1. The zero-order valence-electron chi connectivity index (χ0n) is 10.3.